The first-order valence-electron chi connectivity index (χ1n) is 11.0. The molecule has 9 heteroatoms. The molecule has 0 aliphatic carbocycles. The second-order valence-corrected chi connectivity index (χ2v) is 9.91. The fourth-order valence-corrected chi connectivity index (χ4v) is 5.19. The molecule has 35 heavy (non-hydrogen) atoms. The van der Waals surface area contributed by atoms with Gasteiger partial charge in [0.25, 0.3) is 0 Å². The van der Waals surface area contributed by atoms with Crippen molar-refractivity contribution in [1.29, 1.82) is 0 Å². The van der Waals surface area contributed by atoms with E-state index in [0.29, 0.717) is 26.7 Å². The van der Waals surface area contributed by atoms with Gasteiger partial charge in [0.05, 0.1) is 17.3 Å². The predicted octanol–water partition coefficient (Wildman–Crippen LogP) is 7.11. The molecule has 6 nitrogen and oxygen atoms in total. The van der Waals surface area contributed by atoms with Crippen LogP contribution in [0.15, 0.2) is 65.8 Å². The zero-order valence-corrected chi connectivity index (χ0v) is 21.9. The minimum atomic E-state index is -0.326. The number of carbonyl (C=O) groups is 1. The quantitative estimate of drug-likeness (QED) is 0.252. The van der Waals surface area contributed by atoms with Crippen LogP contribution in [0, 0.1) is 20.8 Å². The van der Waals surface area contributed by atoms with Crippen LogP contribution in [0.5, 0.6) is 0 Å². The molecule has 0 fully saturated rings. The van der Waals surface area contributed by atoms with E-state index in [-0.39, 0.29) is 12.6 Å². The van der Waals surface area contributed by atoms with Crippen molar-refractivity contribution in [2.24, 2.45) is 0 Å². The van der Waals surface area contributed by atoms with Crippen molar-refractivity contribution in [2.75, 3.05) is 5.32 Å². The number of aromatic nitrogens is 3. The molecule has 2 amide bonds. The zero-order valence-electron chi connectivity index (χ0n) is 19.6. The van der Waals surface area contributed by atoms with Crippen LogP contribution in [0.3, 0.4) is 0 Å². The highest BCUT2D eigenvalue weighted by Gasteiger charge is 2.18. The summed E-state index contributed by atoms with van der Waals surface area (Å²) in [6, 6.07) is 19.0. The van der Waals surface area contributed by atoms with Gasteiger partial charge in [-0.2, -0.15) is 0 Å². The summed E-state index contributed by atoms with van der Waals surface area (Å²) >= 11 is 14.2. The van der Waals surface area contributed by atoms with Gasteiger partial charge in [-0.3, -0.25) is 4.57 Å². The molecule has 2 N–H and O–H groups in total. The average Bonchev–Trinajstić information content (AvgIpc) is 3.22. The lowest BCUT2D eigenvalue weighted by Crippen LogP contribution is -2.30. The van der Waals surface area contributed by atoms with E-state index in [9.17, 15) is 4.79 Å². The number of nitrogens with zero attached hydrogens (tertiary/aromatic N) is 3. The number of anilines is 1. The van der Waals surface area contributed by atoms with Crippen molar-refractivity contribution in [2.45, 2.75) is 38.2 Å². The summed E-state index contributed by atoms with van der Waals surface area (Å²) in [5.41, 5.74) is 5.89. The molecule has 4 rings (SSSR count). The van der Waals surface area contributed by atoms with E-state index in [0.717, 1.165) is 22.6 Å². The Morgan fingerprint density at radius 1 is 0.943 bits per heavy atom. The van der Waals surface area contributed by atoms with Crippen LogP contribution in [0.1, 0.15) is 28.1 Å². The Bertz CT molecular complexity index is 1350. The number of amides is 2. The summed E-state index contributed by atoms with van der Waals surface area (Å²) < 4.78 is 1.86. The third kappa shape index (κ3) is 5.99. The van der Waals surface area contributed by atoms with E-state index in [2.05, 4.69) is 39.9 Å². The summed E-state index contributed by atoms with van der Waals surface area (Å²) in [6.07, 6.45) is 0. The maximum Gasteiger partial charge on any atom is 0.319 e. The summed E-state index contributed by atoms with van der Waals surface area (Å²) in [5.74, 6) is 1.27. The Labute approximate surface area is 219 Å². The number of urea groups is 1. The number of hydrogen-bond acceptors (Lipinski definition) is 4. The van der Waals surface area contributed by atoms with E-state index in [1.165, 1.54) is 11.1 Å². The Hall–Kier alpha value is -3.00. The molecular weight excluding hydrogens is 501 g/mol. The second kappa shape index (κ2) is 11.2. The summed E-state index contributed by atoms with van der Waals surface area (Å²) in [5, 5.41) is 16.3. The highest BCUT2D eigenvalue weighted by molar-refractivity contribution is 7.98. The van der Waals surface area contributed by atoms with Gasteiger partial charge in [-0.15, -0.1) is 10.2 Å². The maximum absolute atomic E-state index is 12.7. The number of nitrogens with one attached hydrogen (secondary N) is 2. The molecule has 0 bridgehead atoms. The van der Waals surface area contributed by atoms with Crippen LogP contribution in [-0.4, -0.2) is 20.8 Å². The molecular formula is C26H25Cl2N5OS. The van der Waals surface area contributed by atoms with Gasteiger partial charge in [0.2, 0.25) is 0 Å². The van der Waals surface area contributed by atoms with Crippen molar-refractivity contribution in [3.05, 3.63) is 98.8 Å². The van der Waals surface area contributed by atoms with Gasteiger partial charge in [0.15, 0.2) is 11.0 Å². The maximum atomic E-state index is 12.7. The number of carbonyl (C=O) groups excluding carboxylic acids is 1. The minimum absolute atomic E-state index is 0.160. The first kappa shape index (κ1) is 25.1. The van der Waals surface area contributed by atoms with Crippen LogP contribution in [0.2, 0.25) is 10.0 Å². The molecule has 0 spiro atoms. The lowest BCUT2D eigenvalue weighted by atomic mass is 10.1. The summed E-state index contributed by atoms with van der Waals surface area (Å²) in [7, 11) is 0. The number of hydrogen-bond donors (Lipinski definition) is 2. The molecule has 0 unspecified atom stereocenters. The molecule has 1 heterocycles. The molecule has 4 aromatic rings. The van der Waals surface area contributed by atoms with Crippen molar-refractivity contribution in [3.63, 3.8) is 0 Å². The monoisotopic (exact) mass is 525 g/mol. The molecule has 3 aromatic carbocycles. The van der Waals surface area contributed by atoms with Crippen LogP contribution >= 0.6 is 35.0 Å². The molecule has 0 radical (unpaired) electrons. The van der Waals surface area contributed by atoms with Gasteiger partial charge in [-0.05, 0) is 61.2 Å². The fraction of sp³-hybridized carbons (Fsp3) is 0.192. The third-order valence-corrected chi connectivity index (χ3v) is 7.11. The zero-order chi connectivity index (χ0) is 24.9. The highest BCUT2D eigenvalue weighted by Crippen LogP contribution is 2.31. The number of halogens is 2. The highest BCUT2D eigenvalue weighted by atomic mass is 35.5. The number of benzene rings is 3. The van der Waals surface area contributed by atoms with Gasteiger partial charge in [0.1, 0.15) is 0 Å². The van der Waals surface area contributed by atoms with Gasteiger partial charge in [-0.1, -0.05) is 77.4 Å². The smallest absolute Gasteiger partial charge is 0.319 e. The van der Waals surface area contributed by atoms with Crippen LogP contribution in [0.4, 0.5) is 10.5 Å². The van der Waals surface area contributed by atoms with E-state index < -0.39 is 0 Å². The lowest BCUT2D eigenvalue weighted by molar-refractivity contribution is 0.251. The van der Waals surface area contributed by atoms with Crippen molar-refractivity contribution < 1.29 is 4.79 Å². The standard InChI is InChI=1S/C26H25Cl2N5OS/c1-16-7-4-5-10-19(16)15-35-26-32-31-23(33(26)22-12-11-20(27)13-21(22)28)14-29-25(34)30-24-17(2)8-6-9-18(24)3/h4-13H,14-15H2,1-3H3,(H2,29,30,34). The molecule has 0 atom stereocenters. The number of rotatable bonds is 7. The average molecular weight is 526 g/mol. The SMILES string of the molecule is Cc1ccccc1CSc1nnc(CNC(=O)Nc2c(C)cccc2C)n1-c1ccc(Cl)cc1Cl. The largest absolute Gasteiger partial charge is 0.331 e. The fourth-order valence-electron chi connectivity index (χ4n) is 3.66. The molecule has 180 valence electrons. The minimum Gasteiger partial charge on any atom is -0.331 e. The number of aryl methyl sites for hydroxylation is 3. The molecule has 1 aromatic heterocycles. The topological polar surface area (TPSA) is 71.8 Å². The predicted molar refractivity (Wildman–Crippen MR) is 144 cm³/mol. The summed E-state index contributed by atoms with van der Waals surface area (Å²) in [4.78, 5) is 12.7. The molecule has 0 saturated carbocycles. The first-order chi connectivity index (χ1) is 16.8. The van der Waals surface area contributed by atoms with Crippen LogP contribution < -0.4 is 10.6 Å². The molecule has 0 aliphatic heterocycles. The van der Waals surface area contributed by atoms with Gasteiger partial charge in [0, 0.05) is 16.5 Å². The van der Waals surface area contributed by atoms with Crippen LogP contribution in [0.25, 0.3) is 5.69 Å². The second-order valence-electron chi connectivity index (χ2n) is 8.12. The van der Waals surface area contributed by atoms with Gasteiger partial charge >= 0.3 is 6.03 Å². The Kier molecular flexibility index (Phi) is 8.00. The lowest BCUT2D eigenvalue weighted by Gasteiger charge is -2.14. The Morgan fingerprint density at radius 2 is 1.66 bits per heavy atom. The van der Waals surface area contributed by atoms with E-state index in [1.807, 2.05) is 54.8 Å². The first-order valence-corrected chi connectivity index (χ1v) is 12.8. The van der Waals surface area contributed by atoms with E-state index in [1.54, 1.807) is 23.9 Å². The number of para-hydroxylation sites is 1. The third-order valence-electron chi connectivity index (χ3n) is 5.60. The Morgan fingerprint density at radius 3 is 2.37 bits per heavy atom. The van der Waals surface area contributed by atoms with Gasteiger partial charge < -0.3 is 10.6 Å². The van der Waals surface area contributed by atoms with Crippen LogP contribution in [-0.2, 0) is 12.3 Å². The summed E-state index contributed by atoms with van der Waals surface area (Å²) in [6.45, 7) is 6.16. The normalized spacial score (nSPS) is 10.9. The van der Waals surface area contributed by atoms with Crippen molar-refractivity contribution in [1.82, 2.24) is 20.1 Å². The van der Waals surface area contributed by atoms with Crippen molar-refractivity contribution >= 4 is 46.7 Å². The molecule has 0 saturated heterocycles. The van der Waals surface area contributed by atoms with E-state index >= 15 is 0 Å². The Balaban J connectivity index is 1.57. The molecule has 0 aliphatic rings. The van der Waals surface area contributed by atoms with Gasteiger partial charge in [-0.25, -0.2) is 4.79 Å². The van der Waals surface area contributed by atoms with E-state index in [4.69, 9.17) is 23.2 Å². The van der Waals surface area contributed by atoms with Crippen molar-refractivity contribution in [3.8, 4) is 5.69 Å². The number of thioether (sulfide) groups is 1.